The summed E-state index contributed by atoms with van der Waals surface area (Å²) in [4.78, 5) is 2.53. The van der Waals surface area contributed by atoms with Gasteiger partial charge in [0.05, 0.1) is 6.54 Å². The predicted molar refractivity (Wildman–Crippen MR) is 65.7 cm³/mol. The van der Waals surface area contributed by atoms with E-state index in [1.165, 1.54) is 12.8 Å². The maximum absolute atomic E-state index is 5.69. The largest absolute Gasteiger partial charge is 0.448 e. The van der Waals surface area contributed by atoms with Gasteiger partial charge >= 0.3 is 0 Å². The van der Waals surface area contributed by atoms with Crippen LogP contribution in [0.1, 0.15) is 25.5 Å². The van der Waals surface area contributed by atoms with Crippen molar-refractivity contribution in [1.82, 2.24) is 10.2 Å². The first-order valence-electron chi connectivity index (χ1n) is 5.98. The lowest BCUT2D eigenvalue weighted by molar-refractivity contribution is 0.275. The van der Waals surface area contributed by atoms with Crippen molar-refractivity contribution in [2.75, 3.05) is 19.6 Å². The van der Waals surface area contributed by atoms with Gasteiger partial charge in [0.2, 0.25) is 0 Å². The summed E-state index contributed by atoms with van der Waals surface area (Å²) in [6, 6.07) is 4.54. The topological polar surface area (TPSA) is 28.4 Å². The van der Waals surface area contributed by atoms with E-state index in [1.54, 1.807) is 6.07 Å². The molecule has 1 N–H and O–H groups in total. The summed E-state index contributed by atoms with van der Waals surface area (Å²) in [5.74, 6) is 0.902. The Labute approximate surface area is 102 Å². The Morgan fingerprint density at radius 2 is 2.31 bits per heavy atom. The summed E-state index contributed by atoms with van der Waals surface area (Å²) < 4.78 is 5.27. The molecule has 0 saturated heterocycles. The lowest BCUT2D eigenvalue weighted by atomic mass is 10.4. The minimum atomic E-state index is 0.463. The van der Waals surface area contributed by atoms with Crippen LogP contribution >= 0.6 is 11.6 Å². The molecule has 0 unspecified atom stereocenters. The van der Waals surface area contributed by atoms with Crippen molar-refractivity contribution in [3.05, 3.63) is 23.1 Å². The van der Waals surface area contributed by atoms with Crippen molar-refractivity contribution in [3.63, 3.8) is 0 Å². The Kier molecular flexibility index (Phi) is 4.27. The Hall–Kier alpha value is -0.510. The van der Waals surface area contributed by atoms with Crippen LogP contribution in [0.5, 0.6) is 0 Å². The normalized spacial score (nSPS) is 15.9. The maximum Gasteiger partial charge on any atom is 0.193 e. The zero-order valence-corrected chi connectivity index (χ0v) is 10.5. The zero-order chi connectivity index (χ0) is 11.4. The van der Waals surface area contributed by atoms with Gasteiger partial charge < -0.3 is 9.73 Å². The molecule has 0 bridgehead atoms. The predicted octanol–water partition coefficient (Wildman–Crippen LogP) is 2.51. The Morgan fingerprint density at radius 1 is 1.50 bits per heavy atom. The van der Waals surface area contributed by atoms with Crippen LogP contribution in [0.15, 0.2) is 16.5 Å². The lowest BCUT2D eigenvalue weighted by Gasteiger charge is -2.19. The van der Waals surface area contributed by atoms with Crippen molar-refractivity contribution in [2.24, 2.45) is 0 Å². The van der Waals surface area contributed by atoms with Crippen molar-refractivity contribution >= 4 is 11.6 Å². The molecule has 4 heteroatoms. The quantitative estimate of drug-likeness (QED) is 0.745. The van der Waals surface area contributed by atoms with E-state index in [4.69, 9.17) is 16.0 Å². The highest BCUT2D eigenvalue weighted by Gasteiger charge is 2.26. The highest BCUT2D eigenvalue weighted by Crippen LogP contribution is 2.25. The highest BCUT2D eigenvalue weighted by atomic mass is 35.5. The van der Waals surface area contributed by atoms with Crippen molar-refractivity contribution < 1.29 is 4.42 Å². The van der Waals surface area contributed by atoms with Crippen LogP contribution in [-0.4, -0.2) is 30.6 Å². The molecule has 0 radical (unpaired) electrons. The van der Waals surface area contributed by atoms with Crippen molar-refractivity contribution in [1.29, 1.82) is 0 Å². The molecule has 1 fully saturated rings. The van der Waals surface area contributed by atoms with E-state index in [0.29, 0.717) is 5.22 Å². The van der Waals surface area contributed by atoms with Gasteiger partial charge in [-0.1, -0.05) is 6.92 Å². The third kappa shape index (κ3) is 3.51. The second kappa shape index (κ2) is 5.71. The van der Waals surface area contributed by atoms with Crippen LogP contribution < -0.4 is 5.32 Å². The Bertz CT molecular complexity index is 323. The fourth-order valence-electron chi connectivity index (χ4n) is 1.92. The third-order valence-electron chi connectivity index (χ3n) is 2.97. The van der Waals surface area contributed by atoms with E-state index in [1.807, 2.05) is 6.07 Å². The van der Waals surface area contributed by atoms with E-state index in [0.717, 1.165) is 38.0 Å². The van der Waals surface area contributed by atoms with E-state index in [-0.39, 0.29) is 0 Å². The number of nitrogens with one attached hydrogen (secondary N) is 1. The lowest BCUT2D eigenvalue weighted by Crippen LogP contribution is -2.33. The molecule has 0 aromatic carbocycles. The average molecular weight is 243 g/mol. The first-order valence-corrected chi connectivity index (χ1v) is 6.36. The molecule has 1 saturated carbocycles. The van der Waals surface area contributed by atoms with Gasteiger partial charge in [0, 0.05) is 19.1 Å². The summed E-state index contributed by atoms with van der Waals surface area (Å²) in [5.41, 5.74) is 0. The fraction of sp³-hybridized carbons (Fsp3) is 0.667. The van der Waals surface area contributed by atoms with Gasteiger partial charge in [-0.15, -0.1) is 0 Å². The molecular weight excluding hydrogens is 224 g/mol. The van der Waals surface area contributed by atoms with Gasteiger partial charge in [-0.05, 0) is 43.1 Å². The summed E-state index contributed by atoms with van der Waals surface area (Å²) in [6.45, 7) is 6.26. The number of nitrogens with zero attached hydrogens (tertiary/aromatic N) is 1. The smallest absolute Gasteiger partial charge is 0.193 e. The van der Waals surface area contributed by atoms with Gasteiger partial charge in [-0.2, -0.15) is 0 Å². The van der Waals surface area contributed by atoms with E-state index in [9.17, 15) is 0 Å². The second-order valence-corrected chi connectivity index (χ2v) is 4.61. The molecule has 2 rings (SSSR count). The van der Waals surface area contributed by atoms with Gasteiger partial charge in [-0.25, -0.2) is 0 Å². The molecule has 1 aromatic heterocycles. The van der Waals surface area contributed by atoms with Crippen LogP contribution in [0.4, 0.5) is 0 Å². The average Bonchev–Trinajstić information content (AvgIpc) is 3.03. The van der Waals surface area contributed by atoms with Crippen molar-refractivity contribution in [3.8, 4) is 0 Å². The van der Waals surface area contributed by atoms with Gasteiger partial charge in [0.1, 0.15) is 5.76 Å². The maximum atomic E-state index is 5.69. The second-order valence-electron chi connectivity index (χ2n) is 4.24. The molecule has 0 amide bonds. The number of rotatable bonds is 7. The summed E-state index contributed by atoms with van der Waals surface area (Å²) >= 11 is 5.69. The number of furan rings is 1. The Balaban J connectivity index is 1.60. The van der Waals surface area contributed by atoms with Crippen molar-refractivity contribution in [2.45, 2.75) is 32.4 Å². The number of likely N-dealkylation sites (N-methyl/N-ethyl adjacent to an activating group) is 1. The van der Waals surface area contributed by atoms with Crippen LogP contribution in [0.2, 0.25) is 5.22 Å². The van der Waals surface area contributed by atoms with Crippen LogP contribution in [0, 0.1) is 0 Å². The standard InChI is InChI=1S/C12H19ClN2O/c1-2-15(10-3-4-10)8-7-14-9-11-5-6-12(13)16-11/h5-6,10,14H,2-4,7-9H2,1H3. The van der Waals surface area contributed by atoms with Crippen LogP contribution in [-0.2, 0) is 6.54 Å². The van der Waals surface area contributed by atoms with E-state index in [2.05, 4.69) is 17.1 Å². The van der Waals surface area contributed by atoms with Crippen LogP contribution in [0.3, 0.4) is 0 Å². The number of halogens is 1. The molecule has 3 nitrogen and oxygen atoms in total. The minimum absolute atomic E-state index is 0.463. The molecule has 0 spiro atoms. The fourth-order valence-corrected chi connectivity index (χ4v) is 2.08. The molecule has 1 heterocycles. The molecule has 16 heavy (non-hydrogen) atoms. The third-order valence-corrected chi connectivity index (χ3v) is 3.18. The van der Waals surface area contributed by atoms with Gasteiger partial charge in [0.15, 0.2) is 5.22 Å². The summed E-state index contributed by atoms with van der Waals surface area (Å²) in [6.07, 6.45) is 2.75. The van der Waals surface area contributed by atoms with E-state index >= 15 is 0 Å². The number of hydrogen-bond donors (Lipinski definition) is 1. The first-order chi connectivity index (χ1) is 7.79. The summed E-state index contributed by atoms with van der Waals surface area (Å²) in [7, 11) is 0. The van der Waals surface area contributed by atoms with Crippen LogP contribution in [0.25, 0.3) is 0 Å². The van der Waals surface area contributed by atoms with Gasteiger partial charge in [0.25, 0.3) is 0 Å². The molecule has 1 aromatic rings. The number of hydrogen-bond acceptors (Lipinski definition) is 3. The first kappa shape index (κ1) is 12.0. The molecule has 0 aliphatic heterocycles. The van der Waals surface area contributed by atoms with Gasteiger partial charge in [-0.3, -0.25) is 4.90 Å². The zero-order valence-electron chi connectivity index (χ0n) is 9.71. The minimum Gasteiger partial charge on any atom is -0.448 e. The monoisotopic (exact) mass is 242 g/mol. The molecule has 1 aliphatic carbocycles. The molecule has 1 aliphatic rings. The van der Waals surface area contributed by atoms with E-state index < -0.39 is 0 Å². The molecule has 90 valence electrons. The molecular formula is C12H19ClN2O. The summed E-state index contributed by atoms with van der Waals surface area (Å²) in [5, 5.41) is 3.83. The highest BCUT2D eigenvalue weighted by molar-refractivity contribution is 6.28. The Morgan fingerprint density at radius 3 is 2.88 bits per heavy atom. The SMILES string of the molecule is CCN(CCNCc1ccc(Cl)o1)C1CC1. The molecule has 0 atom stereocenters.